The molecule has 0 aliphatic rings. The van der Waals surface area contributed by atoms with Gasteiger partial charge < -0.3 is 9.67 Å². The molecule has 0 aliphatic heterocycles. The van der Waals surface area contributed by atoms with Gasteiger partial charge in [-0.05, 0) is 24.0 Å². The quantitative estimate of drug-likeness (QED) is 0.555. The maximum atomic E-state index is 11.9. The zero-order valence-electron chi connectivity index (χ0n) is 16.4. The lowest BCUT2D eigenvalue weighted by Crippen LogP contribution is -2.21. The Morgan fingerprint density at radius 3 is 2.25 bits per heavy atom. The highest BCUT2D eigenvalue weighted by molar-refractivity contribution is 5.70. The highest BCUT2D eigenvalue weighted by Gasteiger charge is 2.22. The number of carbonyl (C=O) groups is 1. The van der Waals surface area contributed by atoms with E-state index in [4.69, 9.17) is 0 Å². The second-order valence-corrected chi connectivity index (χ2v) is 7.27. The Hall–Kier alpha value is -2.88. The zero-order valence-corrected chi connectivity index (χ0v) is 16.4. The molecule has 3 aromatic rings. The molecule has 0 spiro atoms. The SMILES string of the molecule is CCCCc1ncc(CC(Cc2ccccc2)C(=O)O)n1Cc1ccccc1. The van der Waals surface area contributed by atoms with Crippen molar-refractivity contribution < 1.29 is 9.90 Å². The van der Waals surface area contributed by atoms with Gasteiger partial charge in [0.1, 0.15) is 5.82 Å². The van der Waals surface area contributed by atoms with E-state index in [1.165, 1.54) is 5.56 Å². The summed E-state index contributed by atoms with van der Waals surface area (Å²) in [5.74, 6) is -0.177. The number of hydrogen-bond donors (Lipinski definition) is 1. The minimum atomic E-state index is -0.758. The third-order valence-corrected chi connectivity index (χ3v) is 5.09. The fourth-order valence-electron chi connectivity index (χ4n) is 3.51. The first-order valence-electron chi connectivity index (χ1n) is 10.0. The van der Waals surface area contributed by atoms with Gasteiger partial charge in [0.15, 0.2) is 0 Å². The monoisotopic (exact) mass is 376 g/mol. The summed E-state index contributed by atoms with van der Waals surface area (Å²) >= 11 is 0. The summed E-state index contributed by atoms with van der Waals surface area (Å²) in [6.07, 6.45) is 5.98. The minimum absolute atomic E-state index is 0.465. The fourth-order valence-corrected chi connectivity index (χ4v) is 3.51. The molecule has 146 valence electrons. The smallest absolute Gasteiger partial charge is 0.307 e. The molecule has 1 unspecified atom stereocenters. The largest absolute Gasteiger partial charge is 0.481 e. The van der Waals surface area contributed by atoms with Gasteiger partial charge in [-0.3, -0.25) is 4.79 Å². The molecule has 0 saturated heterocycles. The molecule has 0 amide bonds. The fraction of sp³-hybridized carbons (Fsp3) is 0.333. The predicted octanol–water partition coefficient (Wildman–Crippen LogP) is 4.76. The first-order valence-corrected chi connectivity index (χ1v) is 10.0. The Kier molecular flexibility index (Phi) is 7.01. The van der Waals surface area contributed by atoms with E-state index in [1.807, 2.05) is 54.7 Å². The molecule has 0 aliphatic carbocycles. The van der Waals surface area contributed by atoms with Crippen molar-refractivity contribution >= 4 is 5.97 Å². The van der Waals surface area contributed by atoms with E-state index in [1.54, 1.807) is 0 Å². The average Bonchev–Trinajstić information content (AvgIpc) is 3.08. The van der Waals surface area contributed by atoms with Gasteiger partial charge in [-0.2, -0.15) is 0 Å². The van der Waals surface area contributed by atoms with Crippen molar-refractivity contribution in [3.63, 3.8) is 0 Å². The van der Waals surface area contributed by atoms with Crippen molar-refractivity contribution in [3.05, 3.63) is 89.5 Å². The number of aromatic nitrogens is 2. The normalized spacial score (nSPS) is 12.0. The molecule has 0 fully saturated rings. The van der Waals surface area contributed by atoms with E-state index in [0.717, 1.165) is 42.9 Å². The molecular formula is C24H28N2O2. The summed E-state index contributed by atoms with van der Waals surface area (Å²) in [7, 11) is 0. The third kappa shape index (κ3) is 5.32. The number of nitrogens with zero attached hydrogens (tertiary/aromatic N) is 2. The highest BCUT2D eigenvalue weighted by Crippen LogP contribution is 2.19. The number of imidazole rings is 1. The first kappa shape index (κ1) is 19.9. The van der Waals surface area contributed by atoms with Gasteiger partial charge in [0.05, 0.1) is 5.92 Å². The van der Waals surface area contributed by atoms with E-state index in [2.05, 4.69) is 28.6 Å². The summed E-state index contributed by atoms with van der Waals surface area (Å²) < 4.78 is 2.21. The summed E-state index contributed by atoms with van der Waals surface area (Å²) in [4.78, 5) is 16.6. The molecule has 28 heavy (non-hydrogen) atoms. The first-order chi connectivity index (χ1) is 13.7. The maximum absolute atomic E-state index is 11.9. The van der Waals surface area contributed by atoms with Gasteiger partial charge in [0.25, 0.3) is 0 Å². The zero-order chi connectivity index (χ0) is 19.8. The Morgan fingerprint density at radius 1 is 1.00 bits per heavy atom. The standard InChI is InChI=1S/C24H28N2O2/c1-2-3-14-23-25-17-22(26(23)18-20-12-8-5-9-13-20)16-21(24(27)28)15-19-10-6-4-7-11-19/h4-13,17,21H,2-3,14-16,18H2,1H3,(H,27,28). The van der Waals surface area contributed by atoms with Crippen molar-refractivity contribution in [1.29, 1.82) is 0 Å². The van der Waals surface area contributed by atoms with Crippen molar-refractivity contribution in [2.24, 2.45) is 5.92 Å². The van der Waals surface area contributed by atoms with E-state index >= 15 is 0 Å². The molecule has 1 N–H and O–H groups in total. The van der Waals surface area contributed by atoms with Crippen LogP contribution >= 0.6 is 0 Å². The van der Waals surface area contributed by atoms with E-state index < -0.39 is 11.9 Å². The van der Waals surface area contributed by atoms with Crippen LogP contribution in [-0.2, 0) is 30.6 Å². The molecule has 0 bridgehead atoms. The van der Waals surface area contributed by atoms with Crippen molar-refractivity contribution in [3.8, 4) is 0 Å². The second-order valence-electron chi connectivity index (χ2n) is 7.27. The summed E-state index contributed by atoms with van der Waals surface area (Å²) in [5, 5.41) is 9.80. The number of aryl methyl sites for hydroxylation is 1. The number of rotatable bonds is 10. The number of unbranched alkanes of at least 4 members (excludes halogenated alkanes) is 1. The van der Waals surface area contributed by atoms with Gasteiger partial charge in [-0.25, -0.2) is 4.98 Å². The van der Waals surface area contributed by atoms with E-state index in [0.29, 0.717) is 12.8 Å². The van der Waals surface area contributed by atoms with Crippen molar-refractivity contribution in [2.75, 3.05) is 0 Å². The van der Waals surface area contributed by atoms with Crippen LogP contribution in [0.4, 0.5) is 0 Å². The van der Waals surface area contributed by atoms with E-state index in [-0.39, 0.29) is 0 Å². The molecule has 1 atom stereocenters. The molecule has 1 heterocycles. The molecule has 4 nitrogen and oxygen atoms in total. The van der Waals surface area contributed by atoms with Crippen LogP contribution in [-0.4, -0.2) is 20.6 Å². The molecule has 1 aromatic heterocycles. The number of carboxylic acid groups (broad SMARTS) is 1. The van der Waals surface area contributed by atoms with Gasteiger partial charge >= 0.3 is 5.97 Å². The molecule has 2 aromatic carbocycles. The molecule has 0 saturated carbocycles. The van der Waals surface area contributed by atoms with Crippen LogP contribution in [0.15, 0.2) is 66.9 Å². The van der Waals surface area contributed by atoms with Crippen molar-refractivity contribution in [1.82, 2.24) is 9.55 Å². The molecular weight excluding hydrogens is 348 g/mol. The van der Waals surface area contributed by atoms with Gasteiger partial charge in [-0.15, -0.1) is 0 Å². The second kappa shape index (κ2) is 9.88. The van der Waals surface area contributed by atoms with Crippen LogP contribution in [0.5, 0.6) is 0 Å². The van der Waals surface area contributed by atoms with Gasteiger partial charge in [0, 0.05) is 31.3 Å². The average molecular weight is 377 g/mol. The van der Waals surface area contributed by atoms with Crippen LogP contribution < -0.4 is 0 Å². The van der Waals surface area contributed by atoms with Crippen LogP contribution in [0, 0.1) is 5.92 Å². The number of benzene rings is 2. The lowest BCUT2D eigenvalue weighted by Gasteiger charge is -2.16. The topological polar surface area (TPSA) is 55.1 Å². The highest BCUT2D eigenvalue weighted by atomic mass is 16.4. The Labute approximate surface area is 166 Å². The summed E-state index contributed by atoms with van der Waals surface area (Å²) in [6.45, 7) is 2.90. The molecule has 0 radical (unpaired) electrons. The van der Waals surface area contributed by atoms with Crippen molar-refractivity contribution in [2.45, 2.75) is 45.6 Å². The summed E-state index contributed by atoms with van der Waals surface area (Å²) in [5.41, 5.74) is 3.25. The lowest BCUT2D eigenvalue weighted by atomic mass is 9.95. The minimum Gasteiger partial charge on any atom is -0.481 e. The van der Waals surface area contributed by atoms with Crippen LogP contribution in [0.2, 0.25) is 0 Å². The lowest BCUT2D eigenvalue weighted by molar-refractivity contribution is -0.141. The third-order valence-electron chi connectivity index (χ3n) is 5.09. The van der Waals surface area contributed by atoms with Crippen LogP contribution in [0.3, 0.4) is 0 Å². The molecule has 3 rings (SSSR count). The van der Waals surface area contributed by atoms with Gasteiger partial charge in [-0.1, -0.05) is 74.0 Å². The number of aliphatic carboxylic acids is 1. The van der Waals surface area contributed by atoms with Crippen LogP contribution in [0.25, 0.3) is 0 Å². The number of hydrogen-bond acceptors (Lipinski definition) is 2. The Balaban J connectivity index is 1.84. The molecule has 4 heteroatoms. The van der Waals surface area contributed by atoms with Crippen LogP contribution in [0.1, 0.15) is 42.4 Å². The Bertz CT molecular complexity index is 872. The maximum Gasteiger partial charge on any atom is 0.307 e. The van der Waals surface area contributed by atoms with Gasteiger partial charge in [0.2, 0.25) is 0 Å². The Morgan fingerprint density at radius 2 is 1.64 bits per heavy atom. The predicted molar refractivity (Wildman–Crippen MR) is 111 cm³/mol. The number of carboxylic acids is 1. The summed E-state index contributed by atoms with van der Waals surface area (Å²) in [6, 6.07) is 20.1. The van der Waals surface area contributed by atoms with E-state index in [9.17, 15) is 9.90 Å².